The lowest BCUT2D eigenvalue weighted by atomic mass is 10.2. The highest BCUT2D eigenvalue weighted by atomic mass is 28.4. The molecule has 0 aliphatic carbocycles. The highest BCUT2D eigenvalue weighted by Gasteiger charge is 2.54. The molecule has 2 heterocycles. The van der Waals surface area contributed by atoms with Gasteiger partial charge in [-0.2, -0.15) is 0 Å². The Hall–Kier alpha value is 0.0569. The van der Waals surface area contributed by atoms with E-state index in [0.29, 0.717) is 0 Å². The van der Waals surface area contributed by atoms with Crippen LogP contribution in [0, 0.1) is 11.8 Å². The molecule has 0 aromatic heterocycles. The summed E-state index contributed by atoms with van der Waals surface area (Å²) in [6.45, 7) is 14.9. The van der Waals surface area contributed by atoms with Crippen LogP contribution >= 0.6 is 0 Å². The summed E-state index contributed by atoms with van der Waals surface area (Å²) in [6, 6.07) is 0. The van der Waals surface area contributed by atoms with E-state index in [1.807, 2.05) is 0 Å². The van der Waals surface area contributed by atoms with Crippen molar-refractivity contribution in [3.8, 4) is 0 Å². The predicted molar refractivity (Wildman–Crippen MR) is 79.7 cm³/mol. The molecule has 0 amide bonds. The summed E-state index contributed by atoms with van der Waals surface area (Å²) >= 11 is 0. The summed E-state index contributed by atoms with van der Waals surface area (Å²) < 4.78 is 17.7. The fourth-order valence-corrected chi connectivity index (χ4v) is 7.24. The first kappa shape index (κ1) is 15.4. The van der Waals surface area contributed by atoms with Gasteiger partial charge in [-0.1, -0.05) is 13.8 Å². The van der Waals surface area contributed by atoms with E-state index in [4.69, 9.17) is 8.85 Å². The van der Waals surface area contributed by atoms with Gasteiger partial charge in [0.15, 0.2) is 0 Å². The third-order valence-electron chi connectivity index (χ3n) is 4.31. The van der Waals surface area contributed by atoms with E-state index in [2.05, 4.69) is 36.8 Å². The fourth-order valence-electron chi connectivity index (χ4n) is 3.37. The van der Waals surface area contributed by atoms with Crippen molar-refractivity contribution < 1.29 is 8.85 Å². The molecule has 0 spiro atoms. The monoisotopic (exact) mass is 286 g/mol. The Kier molecular flexibility index (Phi) is 5.43. The van der Waals surface area contributed by atoms with Gasteiger partial charge in [0.1, 0.15) is 0 Å². The molecule has 5 heteroatoms. The maximum absolute atomic E-state index is 6.30. The van der Waals surface area contributed by atoms with Crippen LogP contribution in [0.25, 0.3) is 0 Å². The van der Waals surface area contributed by atoms with E-state index in [0.717, 1.165) is 51.2 Å². The van der Waals surface area contributed by atoms with Gasteiger partial charge in [0.25, 0.3) is 0 Å². The zero-order chi connectivity index (χ0) is 13.9. The molecule has 0 aromatic carbocycles. The first-order chi connectivity index (χ1) is 9.12. The Morgan fingerprint density at radius 1 is 0.895 bits per heavy atom. The minimum atomic E-state index is -2.35. The van der Waals surface area contributed by atoms with Gasteiger partial charge in [0.05, 0.1) is 0 Å². The first-order valence-corrected chi connectivity index (χ1v) is 9.61. The second-order valence-corrected chi connectivity index (χ2v) is 9.03. The van der Waals surface area contributed by atoms with Gasteiger partial charge in [0.2, 0.25) is 0 Å². The fraction of sp³-hybridized carbons (Fsp3) is 1.00. The molecule has 2 aliphatic heterocycles. The van der Waals surface area contributed by atoms with E-state index in [9.17, 15) is 0 Å². The molecule has 0 bridgehead atoms. The number of hydrogen-bond donors (Lipinski definition) is 0. The zero-order valence-corrected chi connectivity index (χ0v) is 14.0. The molecule has 2 atom stereocenters. The van der Waals surface area contributed by atoms with Crippen LogP contribution in [-0.2, 0) is 8.85 Å². The molecule has 2 unspecified atom stereocenters. The van der Waals surface area contributed by atoms with Crippen LogP contribution in [0.15, 0.2) is 0 Å². The van der Waals surface area contributed by atoms with Gasteiger partial charge >= 0.3 is 8.88 Å². The highest BCUT2D eigenvalue weighted by Crippen LogP contribution is 2.30. The second kappa shape index (κ2) is 6.67. The van der Waals surface area contributed by atoms with E-state index < -0.39 is 8.88 Å². The summed E-state index contributed by atoms with van der Waals surface area (Å²) in [4.78, 5) is 0. The Morgan fingerprint density at radius 3 is 1.58 bits per heavy atom. The standard InChI is InChI=1S/C14H30N2O2Si/c1-5-17-19(18-6-2,15-9-7-13(3)11-15)16-10-8-14(4)12-16/h13-14H,5-12H2,1-4H3. The molecule has 2 rings (SSSR count). The van der Waals surface area contributed by atoms with Crippen LogP contribution in [0.2, 0.25) is 0 Å². The molecule has 2 fully saturated rings. The maximum atomic E-state index is 6.30. The average Bonchev–Trinajstić information content (AvgIpc) is 2.98. The summed E-state index contributed by atoms with van der Waals surface area (Å²) in [5.74, 6) is 1.54. The van der Waals surface area contributed by atoms with Gasteiger partial charge in [-0.25, -0.2) is 0 Å². The average molecular weight is 286 g/mol. The van der Waals surface area contributed by atoms with Crippen LogP contribution in [0.1, 0.15) is 40.5 Å². The lowest BCUT2D eigenvalue weighted by Crippen LogP contribution is -2.68. The molecule has 4 nitrogen and oxygen atoms in total. The Morgan fingerprint density at radius 2 is 1.32 bits per heavy atom. The van der Waals surface area contributed by atoms with E-state index >= 15 is 0 Å². The van der Waals surface area contributed by atoms with E-state index in [1.54, 1.807) is 0 Å². The first-order valence-electron chi connectivity index (χ1n) is 7.90. The smallest absolute Gasteiger partial charge is 0.371 e. The summed E-state index contributed by atoms with van der Waals surface area (Å²) in [7, 11) is -2.35. The normalized spacial score (nSPS) is 30.3. The van der Waals surface area contributed by atoms with Crippen molar-refractivity contribution in [1.29, 1.82) is 0 Å². The van der Waals surface area contributed by atoms with Crippen molar-refractivity contribution in [2.75, 3.05) is 39.4 Å². The topological polar surface area (TPSA) is 24.9 Å². The highest BCUT2D eigenvalue weighted by molar-refractivity contribution is 6.61. The number of rotatable bonds is 6. The maximum Gasteiger partial charge on any atom is 0.522 e. The van der Waals surface area contributed by atoms with Crippen molar-refractivity contribution in [2.45, 2.75) is 40.5 Å². The second-order valence-electron chi connectivity index (χ2n) is 6.09. The molecule has 19 heavy (non-hydrogen) atoms. The third kappa shape index (κ3) is 3.21. The zero-order valence-electron chi connectivity index (χ0n) is 13.0. The van der Waals surface area contributed by atoms with E-state index in [1.165, 1.54) is 12.8 Å². The quantitative estimate of drug-likeness (QED) is 0.699. The molecular weight excluding hydrogens is 256 g/mol. The molecule has 2 saturated heterocycles. The summed E-state index contributed by atoms with van der Waals surface area (Å²) in [5, 5.41) is 0. The molecule has 112 valence electrons. The van der Waals surface area contributed by atoms with Crippen LogP contribution in [0.3, 0.4) is 0 Å². The summed E-state index contributed by atoms with van der Waals surface area (Å²) in [5.41, 5.74) is 0. The van der Waals surface area contributed by atoms with E-state index in [-0.39, 0.29) is 0 Å². The summed E-state index contributed by atoms with van der Waals surface area (Å²) in [6.07, 6.45) is 2.55. The van der Waals surface area contributed by atoms with Crippen molar-refractivity contribution >= 4 is 8.88 Å². The van der Waals surface area contributed by atoms with Crippen molar-refractivity contribution in [2.24, 2.45) is 11.8 Å². The predicted octanol–water partition coefficient (Wildman–Crippen LogP) is 2.18. The minimum Gasteiger partial charge on any atom is -0.371 e. The SMILES string of the molecule is CCO[Si](OCC)(N1CCC(C)C1)N1CCC(C)C1. The molecule has 0 saturated carbocycles. The van der Waals surface area contributed by atoms with Gasteiger partial charge in [0, 0.05) is 13.2 Å². The minimum absolute atomic E-state index is 0.752. The van der Waals surface area contributed by atoms with Crippen LogP contribution in [-0.4, -0.2) is 57.4 Å². The van der Waals surface area contributed by atoms with Gasteiger partial charge in [-0.05, 0) is 64.7 Å². The van der Waals surface area contributed by atoms with Gasteiger partial charge < -0.3 is 8.85 Å². The Bertz CT molecular complexity index is 263. The van der Waals surface area contributed by atoms with Gasteiger partial charge in [-0.15, -0.1) is 0 Å². The molecule has 2 aliphatic rings. The van der Waals surface area contributed by atoms with Gasteiger partial charge in [-0.3, -0.25) is 9.13 Å². The van der Waals surface area contributed by atoms with Crippen LogP contribution < -0.4 is 0 Å². The molecule has 0 radical (unpaired) electrons. The largest absolute Gasteiger partial charge is 0.522 e. The lowest BCUT2D eigenvalue weighted by Gasteiger charge is -2.42. The van der Waals surface area contributed by atoms with Crippen molar-refractivity contribution in [3.05, 3.63) is 0 Å². The van der Waals surface area contributed by atoms with Crippen LogP contribution in [0.4, 0.5) is 0 Å². The lowest BCUT2D eigenvalue weighted by molar-refractivity contribution is 0.0745. The third-order valence-corrected chi connectivity index (χ3v) is 8.05. The molecular formula is C14H30N2O2Si. The molecule has 0 N–H and O–H groups in total. The Balaban J connectivity index is 2.19. The van der Waals surface area contributed by atoms with Crippen molar-refractivity contribution in [1.82, 2.24) is 9.13 Å². The number of nitrogens with zero attached hydrogens (tertiary/aromatic N) is 2. The Labute approximate surface area is 119 Å². The van der Waals surface area contributed by atoms with Crippen molar-refractivity contribution in [3.63, 3.8) is 0 Å². The van der Waals surface area contributed by atoms with Crippen LogP contribution in [0.5, 0.6) is 0 Å². The number of hydrogen-bond acceptors (Lipinski definition) is 4. The molecule has 0 aromatic rings.